The molecule has 1 saturated heterocycles. The zero-order valence-electron chi connectivity index (χ0n) is 8.39. The Kier molecular flexibility index (Phi) is 3.06. The molecule has 80 valence electrons. The molecule has 0 unspecified atom stereocenters. The fourth-order valence-corrected chi connectivity index (χ4v) is 2.55. The molecule has 0 radical (unpaired) electrons. The number of hydrogen-bond acceptors (Lipinski definition) is 2. The molecule has 3 nitrogen and oxygen atoms in total. The first-order chi connectivity index (χ1) is 7.29. The highest BCUT2D eigenvalue weighted by Crippen LogP contribution is 2.20. The predicted molar refractivity (Wildman–Crippen MR) is 61.6 cm³/mol. The number of hydrogen-bond donors (Lipinski definition) is 0. The maximum absolute atomic E-state index is 11.1. The number of benzene rings is 1. The summed E-state index contributed by atoms with van der Waals surface area (Å²) in [5.41, 5.74) is 0.969. The minimum Gasteiger partial charge on any atom is -0.332 e. The Bertz CT molecular complexity index is 457. The van der Waals surface area contributed by atoms with Crippen molar-refractivity contribution in [3.63, 3.8) is 0 Å². The summed E-state index contributed by atoms with van der Waals surface area (Å²) in [7, 11) is -2.09. The summed E-state index contributed by atoms with van der Waals surface area (Å²) < 4.78 is 22.1. The average Bonchev–Trinajstić information content (AvgIpc) is 2.30. The van der Waals surface area contributed by atoms with Crippen LogP contribution in [0.25, 0.3) is 0 Å². The average molecular weight is 223 g/mol. The second-order valence-corrected chi connectivity index (χ2v) is 4.51. The smallest absolute Gasteiger partial charge is 0.234 e. The molecule has 1 aliphatic heterocycles. The molecule has 1 aliphatic rings. The summed E-state index contributed by atoms with van der Waals surface area (Å²) in [4.78, 5) is 2.42. The van der Waals surface area contributed by atoms with Gasteiger partial charge in [-0.1, -0.05) is 18.2 Å². The van der Waals surface area contributed by atoms with Crippen LogP contribution in [0, 0.1) is 0 Å². The van der Waals surface area contributed by atoms with Crippen molar-refractivity contribution in [3.8, 4) is 0 Å². The van der Waals surface area contributed by atoms with Gasteiger partial charge in [0, 0.05) is 18.7 Å². The van der Waals surface area contributed by atoms with Gasteiger partial charge in [-0.2, -0.15) is 8.42 Å². The van der Waals surface area contributed by atoms with Gasteiger partial charge < -0.3 is 4.90 Å². The third-order valence-corrected chi connectivity index (χ3v) is 3.39. The molecular formula is C11H13NO2S. The van der Waals surface area contributed by atoms with Crippen molar-refractivity contribution in [2.24, 2.45) is 0 Å². The van der Waals surface area contributed by atoms with Crippen LogP contribution in [0.2, 0.25) is 0 Å². The van der Waals surface area contributed by atoms with Crippen LogP contribution < -0.4 is 4.90 Å². The number of rotatable bonds is 1. The SMILES string of the molecule is O=S(=O)=C1CCCCN1c1ccccc1. The molecule has 0 aliphatic carbocycles. The number of anilines is 1. The van der Waals surface area contributed by atoms with Crippen LogP contribution in [0.5, 0.6) is 0 Å². The molecule has 0 amide bonds. The van der Waals surface area contributed by atoms with Crippen molar-refractivity contribution in [2.45, 2.75) is 19.3 Å². The van der Waals surface area contributed by atoms with Gasteiger partial charge in [-0.25, -0.2) is 0 Å². The van der Waals surface area contributed by atoms with Crippen LogP contribution in [-0.2, 0) is 10.3 Å². The highest BCUT2D eigenvalue weighted by Gasteiger charge is 2.18. The van der Waals surface area contributed by atoms with Gasteiger partial charge in [0.05, 0.1) is 0 Å². The molecule has 1 fully saturated rings. The van der Waals surface area contributed by atoms with Gasteiger partial charge in [0.2, 0.25) is 10.3 Å². The zero-order valence-corrected chi connectivity index (χ0v) is 9.20. The number of piperidine rings is 1. The lowest BCUT2D eigenvalue weighted by Gasteiger charge is -2.28. The van der Waals surface area contributed by atoms with Gasteiger partial charge in [-0.05, 0) is 25.0 Å². The van der Waals surface area contributed by atoms with Gasteiger partial charge in [0.1, 0.15) is 4.99 Å². The molecule has 0 N–H and O–H groups in total. The Labute approximate surface area is 90.9 Å². The number of nitrogens with zero attached hydrogens (tertiary/aromatic N) is 1. The predicted octanol–water partition coefficient (Wildman–Crippen LogP) is 1.69. The highest BCUT2D eigenvalue weighted by atomic mass is 32.2. The molecule has 0 aromatic heterocycles. The van der Waals surface area contributed by atoms with Crippen LogP contribution in [0.1, 0.15) is 19.3 Å². The van der Waals surface area contributed by atoms with Crippen molar-refractivity contribution >= 4 is 21.0 Å². The van der Waals surface area contributed by atoms with Gasteiger partial charge in [0.25, 0.3) is 0 Å². The molecule has 0 bridgehead atoms. The van der Waals surface area contributed by atoms with E-state index in [9.17, 15) is 8.42 Å². The normalized spacial score (nSPS) is 16.5. The van der Waals surface area contributed by atoms with Gasteiger partial charge in [-0.15, -0.1) is 0 Å². The van der Waals surface area contributed by atoms with E-state index in [1.165, 1.54) is 0 Å². The molecule has 2 rings (SSSR count). The van der Waals surface area contributed by atoms with Gasteiger partial charge in [0.15, 0.2) is 0 Å². The summed E-state index contributed by atoms with van der Waals surface area (Å²) in [5.74, 6) is 0. The monoisotopic (exact) mass is 223 g/mol. The Morgan fingerprint density at radius 3 is 2.47 bits per heavy atom. The van der Waals surface area contributed by atoms with E-state index >= 15 is 0 Å². The quantitative estimate of drug-likeness (QED) is 0.680. The minimum atomic E-state index is -2.09. The molecule has 0 atom stereocenters. The molecule has 1 aromatic carbocycles. The summed E-state index contributed by atoms with van der Waals surface area (Å²) in [6.07, 6.45) is 2.67. The van der Waals surface area contributed by atoms with Crippen LogP contribution >= 0.6 is 0 Å². The molecular weight excluding hydrogens is 210 g/mol. The first-order valence-corrected chi connectivity index (χ1v) is 6.14. The van der Waals surface area contributed by atoms with E-state index in [-0.39, 0.29) is 0 Å². The van der Waals surface area contributed by atoms with Crippen molar-refractivity contribution in [1.29, 1.82) is 0 Å². The summed E-state index contributed by atoms with van der Waals surface area (Å²) in [6, 6.07) is 9.67. The van der Waals surface area contributed by atoms with Crippen molar-refractivity contribution < 1.29 is 8.42 Å². The van der Waals surface area contributed by atoms with Crippen LogP contribution in [0.3, 0.4) is 0 Å². The molecule has 4 heteroatoms. The summed E-state index contributed by atoms with van der Waals surface area (Å²) >= 11 is 0. The van der Waals surface area contributed by atoms with Crippen molar-refractivity contribution in [3.05, 3.63) is 30.3 Å². The van der Waals surface area contributed by atoms with Crippen LogP contribution in [-0.4, -0.2) is 20.0 Å². The first kappa shape index (κ1) is 10.2. The zero-order chi connectivity index (χ0) is 10.7. The highest BCUT2D eigenvalue weighted by molar-refractivity contribution is 7.73. The van der Waals surface area contributed by atoms with Crippen molar-refractivity contribution in [2.75, 3.05) is 11.4 Å². The second kappa shape index (κ2) is 4.49. The fourth-order valence-electron chi connectivity index (χ4n) is 1.86. The van der Waals surface area contributed by atoms with E-state index < -0.39 is 10.3 Å². The van der Waals surface area contributed by atoms with Crippen molar-refractivity contribution in [1.82, 2.24) is 0 Å². The molecule has 1 heterocycles. The first-order valence-electron chi connectivity index (χ1n) is 5.07. The Morgan fingerprint density at radius 2 is 1.80 bits per heavy atom. The van der Waals surface area contributed by atoms with E-state index in [1.54, 1.807) is 0 Å². The lowest BCUT2D eigenvalue weighted by atomic mass is 10.1. The standard InChI is InChI=1S/C11H13NO2S/c13-15(14)11-8-4-5-9-12(11)10-6-2-1-3-7-10/h1-3,6-7H,4-5,8-9H2. The second-order valence-electron chi connectivity index (χ2n) is 3.57. The lowest BCUT2D eigenvalue weighted by molar-refractivity contribution is 0.624. The maximum atomic E-state index is 11.1. The van der Waals surface area contributed by atoms with E-state index in [2.05, 4.69) is 0 Å². The maximum Gasteiger partial charge on any atom is 0.234 e. The fraction of sp³-hybridized carbons (Fsp3) is 0.364. The molecule has 0 spiro atoms. The van der Waals surface area contributed by atoms with E-state index in [0.29, 0.717) is 11.4 Å². The topological polar surface area (TPSA) is 37.4 Å². The van der Waals surface area contributed by atoms with E-state index in [4.69, 9.17) is 0 Å². The Morgan fingerprint density at radius 1 is 1.07 bits per heavy atom. The third-order valence-electron chi connectivity index (χ3n) is 2.58. The van der Waals surface area contributed by atoms with Crippen LogP contribution in [0.4, 0.5) is 5.69 Å². The molecule has 0 saturated carbocycles. The molecule has 15 heavy (non-hydrogen) atoms. The molecule has 1 aromatic rings. The lowest BCUT2D eigenvalue weighted by Crippen LogP contribution is -2.35. The van der Waals surface area contributed by atoms with E-state index in [0.717, 1.165) is 25.1 Å². The Hall–Kier alpha value is -1.29. The minimum absolute atomic E-state index is 0.521. The van der Waals surface area contributed by atoms with E-state index in [1.807, 2.05) is 35.2 Å². The Balaban J connectivity index is 2.39. The largest absolute Gasteiger partial charge is 0.332 e. The summed E-state index contributed by atoms with van der Waals surface area (Å²) in [5, 5.41) is 0. The summed E-state index contributed by atoms with van der Waals surface area (Å²) in [6.45, 7) is 0.799. The van der Waals surface area contributed by atoms with Crippen LogP contribution in [0.15, 0.2) is 30.3 Å². The number of para-hydroxylation sites is 1. The third kappa shape index (κ3) is 2.21. The van der Waals surface area contributed by atoms with Gasteiger partial charge >= 0.3 is 0 Å². The van der Waals surface area contributed by atoms with Gasteiger partial charge in [-0.3, -0.25) is 0 Å².